The second kappa shape index (κ2) is 8.30. The zero-order valence-electron chi connectivity index (χ0n) is 15.8. The number of hydrogen-bond donors (Lipinski definition) is 2. The summed E-state index contributed by atoms with van der Waals surface area (Å²) in [6, 6.07) is 4.32. The Morgan fingerprint density at radius 1 is 1.15 bits per heavy atom. The average Bonchev–Trinajstić information content (AvgIpc) is 3.19. The Morgan fingerprint density at radius 2 is 1.85 bits per heavy atom. The van der Waals surface area contributed by atoms with E-state index < -0.39 is 12.0 Å². The first-order valence-electron chi connectivity index (χ1n) is 8.90. The van der Waals surface area contributed by atoms with Gasteiger partial charge in [-0.2, -0.15) is 0 Å². The van der Waals surface area contributed by atoms with Crippen LogP contribution in [-0.4, -0.2) is 57.9 Å². The summed E-state index contributed by atoms with van der Waals surface area (Å²) in [7, 11) is 4.43. The molecule has 1 unspecified atom stereocenters. The first-order chi connectivity index (χ1) is 13.1. The minimum atomic E-state index is -0.636. The molecule has 146 valence electrons. The number of urea groups is 1. The van der Waals surface area contributed by atoms with Crippen LogP contribution >= 0.6 is 0 Å². The molecule has 0 aliphatic carbocycles. The number of esters is 1. The highest BCUT2D eigenvalue weighted by atomic mass is 16.5. The van der Waals surface area contributed by atoms with Crippen LogP contribution < -0.4 is 20.1 Å². The fourth-order valence-electron chi connectivity index (χ4n) is 3.54. The first-order valence-corrected chi connectivity index (χ1v) is 8.90. The number of ether oxygens (including phenoxy) is 3. The number of carbonyl (C=O) groups excluding carboxylic acids is 2. The number of carbonyl (C=O) groups is 2. The van der Waals surface area contributed by atoms with E-state index in [0.29, 0.717) is 34.9 Å². The number of benzene rings is 1. The molecule has 2 aliphatic rings. The van der Waals surface area contributed by atoms with Gasteiger partial charge in [-0.1, -0.05) is 6.07 Å². The number of hydrogen-bond acceptors (Lipinski definition) is 6. The number of nitrogens with one attached hydrogen (secondary N) is 2. The van der Waals surface area contributed by atoms with Crippen LogP contribution in [0.5, 0.6) is 11.5 Å². The number of nitrogens with zero attached hydrogens (tertiary/aromatic N) is 1. The van der Waals surface area contributed by atoms with Crippen LogP contribution in [0.2, 0.25) is 0 Å². The normalized spacial score (nSPS) is 20.1. The molecule has 2 amide bonds. The predicted octanol–water partition coefficient (Wildman–Crippen LogP) is 1.58. The standard InChI is InChI=1S/C19H25N3O5/c1-25-14-7-6-12(10-15(14)26-2)17-16(18(23)27-3)13(20-19(24)21-17)11-22-8-4-5-9-22/h6-7,10,17H,4-5,8-9,11H2,1-3H3,(H2,20,21,24). The molecule has 2 heterocycles. The predicted molar refractivity (Wildman–Crippen MR) is 98.7 cm³/mol. The Labute approximate surface area is 158 Å². The van der Waals surface area contributed by atoms with Crippen molar-refractivity contribution in [2.45, 2.75) is 18.9 Å². The highest BCUT2D eigenvalue weighted by molar-refractivity contribution is 5.95. The second-order valence-corrected chi connectivity index (χ2v) is 6.51. The van der Waals surface area contributed by atoms with Gasteiger partial charge in [0, 0.05) is 12.2 Å². The van der Waals surface area contributed by atoms with Gasteiger partial charge in [0.05, 0.1) is 32.9 Å². The van der Waals surface area contributed by atoms with E-state index in [4.69, 9.17) is 14.2 Å². The summed E-state index contributed by atoms with van der Waals surface area (Å²) in [5.41, 5.74) is 1.69. The maximum atomic E-state index is 12.6. The quantitative estimate of drug-likeness (QED) is 0.734. The smallest absolute Gasteiger partial charge is 0.338 e. The van der Waals surface area contributed by atoms with Gasteiger partial charge in [0.1, 0.15) is 0 Å². The molecule has 3 rings (SSSR count). The summed E-state index contributed by atoms with van der Waals surface area (Å²) in [6.07, 6.45) is 2.23. The highest BCUT2D eigenvalue weighted by Gasteiger charge is 2.34. The third-order valence-corrected chi connectivity index (χ3v) is 4.88. The Bertz CT molecular complexity index is 756. The topological polar surface area (TPSA) is 89.1 Å². The van der Waals surface area contributed by atoms with Crippen molar-refractivity contribution in [1.29, 1.82) is 0 Å². The number of rotatable bonds is 6. The van der Waals surface area contributed by atoms with Crippen molar-refractivity contribution in [1.82, 2.24) is 15.5 Å². The molecule has 0 bridgehead atoms. The summed E-state index contributed by atoms with van der Waals surface area (Å²) in [5.74, 6) is 0.618. The van der Waals surface area contributed by atoms with Gasteiger partial charge in [0.25, 0.3) is 0 Å². The summed E-state index contributed by atoms with van der Waals surface area (Å²) >= 11 is 0. The Hall–Kier alpha value is -2.74. The van der Waals surface area contributed by atoms with E-state index in [1.165, 1.54) is 7.11 Å². The van der Waals surface area contributed by atoms with Crippen molar-refractivity contribution in [3.8, 4) is 11.5 Å². The van der Waals surface area contributed by atoms with Gasteiger partial charge in [-0.25, -0.2) is 9.59 Å². The molecule has 0 saturated carbocycles. The average molecular weight is 375 g/mol. The van der Waals surface area contributed by atoms with E-state index in [1.807, 2.05) is 0 Å². The number of amides is 2. The van der Waals surface area contributed by atoms with Crippen molar-refractivity contribution < 1.29 is 23.8 Å². The first kappa shape index (κ1) is 19.0. The third kappa shape index (κ3) is 4.00. The number of methoxy groups -OCH3 is 3. The van der Waals surface area contributed by atoms with Crippen LogP contribution in [0.1, 0.15) is 24.4 Å². The fourth-order valence-corrected chi connectivity index (χ4v) is 3.54. The van der Waals surface area contributed by atoms with Gasteiger partial charge in [-0.05, 0) is 43.6 Å². The minimum Gasteiger partial charge on any atom is -0.493 e. The van der Waals surface area contributed by atoms with Crippen LogP contribution in [0, 0.1) is 0 Å². The van der Waals surface area contributed by atoms with Crippen LogP contribution in [0.3, 0.4) is 0 Å². The molecule has 0 radical (unpaired) electrons. The highest BCUT2D eigenvalue weighted by Crippen LogP contribution is 2.34. The van der Waals surface area contributed by atoms with E-state index in [1.54, 1.807) is 32.4 Å². The molecule has 1 fully saturated rings. The molecule has 8 nitrogen and oxygen atoms in total. The van der Waals surface area contributed by atoms with E-state index in [2.05, 4.69) is 15.5 Å². The molecule has 2 N–H and O–H groups in total. The van der Waals surface area contributed by atoms with Crippen molar-refractivity contribution in [2.24, 2.45) is 0 Å². The monoisotopic (exact) mass is 375 g/mol. The van der Waals surface area contributed by atoms with Gasteiger partial charge in [0.15, 0.2) is 11.5 Å². The largest absolute Gasteiger partial charge is 0.493 e. The Morgan fingerprint density at radius 3 is 2.48 bits per heavy atom. The second-order valence-electron chi connectivity index (χ2n) is 6.51. The lowest BCUT2D eigenvalue weighted by Gasteiger charge is -2.31. The Kier molecular flexibility index (Phi) is 5.85. The van der Waals surface area contributed by atoms with Crippen molar-refractivity contribution in [3.05, 3.63) is 35.0 Å². The van der Waals surface area contributed by atoms with Crippen molar-refractivity contribution >= 4 is 12.0 Å². The van der Waals surface area contributed by atoms with Crippen LogP contribution in [0.25, 0.3) is 0 Å². The van der Waals surface area contributed by atoms with E-state index in [0.717, 1.165) is 25.9 Å². The lowest BCUT2D eigenvalue weighted by atomic mass is 9.94. The molecule has 8 heteroatoms. The zero-order valence-corrected chi connectivity index (χ0v) is 15.8. The molecule has 1 atom stereocenters. The third-order valence-electron chi connectivity index (χ3n) is 4.88. The van der Waals surface area contributed by atoms with Crippen LogP contribution in [-0.2, 0) is 9.53 Å². The summed E-state index contributed by atoms with van der Waals surface area (Å²) in [5, 5.41) is 5.61. The van der Waals surface area contributed by atoms with Crippen molar-refractivity contribution in [2.75, 3.05) is 41.0 Å². The van der Waals surface area contributed by atoms with Gasteiger partial charge in [0.2, 0.25) is 0 Å². The van der Waals surface area contributed by atoms with Gasteiger partial charge in [-0.15, -0.1) is 0 Å². The molecule has 1 saturated heterocycles. The number of likely N-dealkylation sites (tertiary alicyclic amines) is 1. The van der Waals surface area contributed by atoms with Crippen molar-refractivity contribution in [3.63, 3.8) is 0 Å². The van der Waals surface area contributed by atoms with Crippen LogP contribution in [0.4, 0.5) is 4.79 Å². The maximum absolute atomic E-state index is 12.6. The lowest BCUT2D eigenvalue weighted by molar-refractivity contribution is -0.136. The maximum Gasteiger partial charge on any atom is 0.338 e. The molecule has 1 aromatic carbocycles. The molecule has 2 aliphatic heterocycles. The molecular formula is C19H25N3O5. The zero-order chi connectivity index (χ0) is 19.4. The minimum absolute atomic E-state index is 0.350. The lowest BCUT2D eigenvalue weighted by Crippen LogP contribution is -2.48. The van der Waals surface area contributed by atoms with Gasteiger partial charge >= 0.3 is 12.0 Å². The van der Waals surface area contributed by atoms with E-state index >= 15 is 0 Å². The summed E-state index contributed by atoms with van der Waals surface area (Å²) in [6.45, 7) is 2.40. The molecule has 27 heavy (non-hydrogen) atoms. The molecule has 0 spiro atoms. The van der Waals surface area contributed by atoms with E-state index in [-0.39, 0.29) is 6.03 Å². The fraction of sp³-hybridized carbons (Fsp3) is 0.474. The summed E-state index contributed by atoms with van der Waals surface area (Å²) in [4.78, 5) is 27.1. The molecule has 1 aromatic rings. The summed E-state index contributed by atoms with van der Waals surface area (Å²) < 4.78 is 15.6. The molecule has 0 aromatic heterocycles. The van der Waals surface area contributed by atoms with Crippen LogP contribution in [0.15, 0.2) is 29.5 Å². The SMILES string of the molecule is COC(=O)C1=C(CN2CCCC2)NC(=O)NC1c1ccc(OC)c(OC)c1. The van der Waals surface area contributed by atoms with Gasteiger partial charge < -0.3 is 24.8 Å². The molecular weight excluding hydrogens is 350 g/mol. The Balaban J connectivity index is 2.02. The van der Waals surface area contributed by atoms with E-state index in [9.17, 15) is 9.59 Å². The van der Waals surface area contributed by atoms with Gasteiger partial charge in [-0.3, -0.25) is 4.90 Å².